The van der Waals surface area contributed by atoms with Crippen LogP contribution in [0.1, 0.15) is 34.3 Å². The number of aromatic nitrogens is 2. The van der Waals surface area contributed by atoms with Crippen LogP contribution >= 0.6 is 0 Å². The summed E-state index contributed by atoms with van der Waals surface area (Å²) in [5.41, 5.74) is 4.03. The number of benzene rings is 1. The molecule has 0 bridgehead atoms. The summed E-state index contributed by atoms with van der Waals surface area (Å²) in [6.07, 6.45) is -5.67. The number of rotatable bonds is 4. The number of nitrogens with zero attached hydrogens (tertiary/aromatic N) is 3. The minimum absolute atomic E-state index is 0.487. The molecule has 0 saturated carbocycles. The molecule has 8 nitrogen and oxygen atoms in total. The molecule has 1 aliphatic rings. The van der Waals surface area contributed by atoms with Crippen LogP contribution in [0.15, 0.2) is 24.3 Å². The van der Waals surface area contributed by atoms with E-state index in [-0.39, 0.29) is 0 Å². The largest absolute Gasteiger partial charge is 0.394 e. The van der Waals surface area contributed by atoms with Crippen molar-refractivity contribution in [2.24, 2.45) is 0 Å². The van der Waals surface area contributed by atoms with Crippen molar-refractivity contribution in [3.63, 3.8) is 0 Å². The lowest BCUT2D eigenvalue weighted by atomic mass is 9.98. The van der Waals surface area contributed by atoms with E-state index in [0.717, 1.165) is 22.5 Å². The lowest BCUT2D eigenvalue weighted by Gasteiger charge is -2.40. The summed E-state index contributed by atoms with van der Waals surface area (Å²) < 4.78 is 7.08. The maximum absolute atomic E-state index is 10.3. The van der Waals surface area contributed by atoms with Gasteiger partial charge in [0.05, 0.1) is 23.9 Å². The fourth-order valence-corrected chi connectivity index (χ4v) is 3.39. The first kappa shape index (κ1) is 19.5. The minimum atomic E-state index is -1.45. The average molecular weight is 373 g/mol. The number of nitriles is 1. The van der Waals surface area contributed by atoms with Crippen molar-refractivity contribution in [1.82, 2.24) is 9.78 Å². The zero-order valence-corrected chi connectivity index (χ0v) is 15.1. The Morgan fingerprint density at radius 1 is 1.11 bits per heavy atom. The molecule has 1 aromatic carbocycles. The second-order valence-electron chi connectivity index (χ2n) is 6.80. The minimum Gasteiger partial charge on any atom is -0.394 e. The van der Waals surface area contributed by atoms with Gasteiger partial charge in [0.1, 0.15) is 24.4 Å². The van der Waals surface area contributed by atoms with Crippen molar-refractivity contribution in [3.8, 4) is 6.07 Å². The van der Waals surface area contributed by atoms with Gasteiger partial charge in [-0.3, -0.25) is 0 Å². The summed E-state index contributed by atoms with van der Waals surface area (Å²) in [5, 5.41) is 53.0. The van der Waals surface area contributed by atoms with Gasteiger partial charge in [0.2, 0.25) is 0 Å². The fourth-order valence-electron chi connectivity index (χ4n) is 3.39. The molecule has 1 aliphatic heterocycles. The molecule has 2 heterocycles. The van der Waals surface area contributed by atoms with Gasteiger partial charge in [0.15, 0.2) is 6.23 Å². The van der Waals surface area contributed by atoms with E-state index in [2.05, 4.69) is 11.2 Å². The molecule has 1 fully saturated rings. The molecule has 27 heavy (non-hydrogen) atoms. The second kappa shape index (κ2) is 7.76. The third-order valence-electron chi connectivity index (χ3n) is 5.05. The van der Waals surface area contributed by atoms with Gasteiger partial charge < -0.3 is 25.2 Å². The molecule has 2 aromatic rings. The van der Waals surface area contributed by atoms with Gasteiger partial charge in [0.25, 0.3) is 0 Å². The van der Waals surface area contributed by atoms with Crippen molar-refractivity contribution in [1.29, 1.82) is 5.26 Å². The predicted molar refractivity (Wildman–Crippen MR) is 94.7 cm³/mol. The van der Waals surface area contributed by atoms with Crippen molar-refractivity contribution in [2.75, 3.05) is 6.61 Å². The van der Waals surface area contributed by atoms with Crippen LogP contribution < -0.4 is 0 Å². The third kappa shape index (κ3) is 3.60. The first-order valence-corrected chi connectivity index (χ1v) is 8.71. The van der Waals surface area contributed by atoms with E-state index in [1.807, 2.05) is 26.0 Å². The van der Waals surface area contributed by atoms with Crippen LogP contribution in [-0.2, 0) is 11.2 Å². The quantitative estimate of drug-likeness (QED) is 0.590. The SMILES string of the molecule is Cc1nn([C@@H]2O[C@H](CO)[C@@H](O)[C@H](O)[C@H]2O)c(C)c1Cc1ccc(C#N)cc1. The van der Waals surface area contributed by atoms with E-state index < -0.39 is 37.3 Å². The Bertz CT molecular complexity index is 840. The van der Waals surface area contributed by atoms with Gasteiger partial charge in [-0.05, 0) is 31.5 Å². The Hall–Kier alpha value is -2.28. The second-order valence-corrected chi connectivity index (χ2v) is 6.80. The van der Waals surface area contributed by atoms with Crippen LogP contribution in [0.25, 0.3) is 0 Å². The van der Waals surface area contributed by atoms with Crippen LogP contribution in [0.4, 0.5) is 0 Å². The molecular formula is C19H23N3O5. The molecule has 0 radical (unpaired) electrons. The Morgan fingerprint density at radius 3 is 2.37 bits per heavy atom. The summed E-state index contributed by atoms with van der Waals surface area (Å²) in [6, 6.07) is 9.34. The van der Waals surface area contributed by atoms with Crippen LogP contribution in [0.3, 0.4) is 0 Å². The highest BCUT2D eigenvalue weighted by atomic mass is 16.6. The highest BCUT2D eigenvalue weighted by molar-refractivity contribution is 5.36. The Morgan fingerprint density at radius 2 is 1.78 bits per heavy atom. The molecule has 1 saturated heterocycles. The standard InChI is InChI=1S/C19H23N3O5/c1-10-14(7-12-3-5-13(8-20)6-4-12)11(2)22(21-10)19-18(26)17(25)16(24)15(9-23)27-19/h3-6,15-19,23-26H,7,9H2,1-2H3/t15-,16-,17+,18-,19-/m1/s1. The summed E-state index contributed by atoms with van der Waals surface area (Å²) in [7, 11) is 0. The first-order chi connectivity index (χ1) is 12.9. The van der Waals surface area contributed by atoms with E-state index in [0.29, 0.717) is 12.0 Å². The number of hydrogen-bond donors (Lipinski definition) is 4. The number of aliphatic hydroxyl groups excluding tert-OH is 4. The van der Waals surface area contributed by atoms with Crippen LogP contribution in [0, 0.1) is 25.2 Å². The monoisotopic (exact) mass is 373 g/mol. The van der Waals surface area contributed by atoms with Crippen molar-refractivity contribution in [2.45, 2.75) is 50.9 Å². The molecule has 1 aromatic heterocycles. The molecule has 144 valence electrons. The molecule has 0 aliphatic carbocycles. The average Bonchev–Trinajstić information content (AvgIpc) is 2.95. The third-order valence-corrected chi connectivity index (χ3v) is 5.05. The highest BCUT2D eigenvalue weighted by Gasteiger charge is 2.45. The summed E-state index contributed by atoms with van der Waals surface area (Å²) in [5.74, 6) is 0. The maximum Gasteiger partial charge on any atom is 0.179 e. The lowest BCUT2D eigenvalue weighted by molar-refractivity contribution is -0.254. The Balaban J connectivity index is 1.89. The zero-order chi connectivity index (χ0) is 19.7. The lowest BCUT2D eigenvalue weighted by Crippen LogP contribution is -2.56. The van der Waals surface area contributed by atoms with E-state index in [9.17, 15) is 20.4 Å². The fraction of sp³-hybridized carbons (Fsp3) is 0.474. The highest BCUT2D eigenvalue weighted by Crippen LogP contribution is 2.31. The zero-order valence-electron chi connectivity index (χ0n) is 15.1. The summed E-state index contributed by atoms with van der Waals surface area (Å²) in [4.78, 5) is 0. The van der Waals surface area contributed by atoms with Gasteiger partial charge in [0, 0.05) is 17.7 Å². The number of ether oxygens (including phenoxy) is 1. The van der Waals surface area contributed by atoms with E-state index in [4.69, 9.17) is 10.00 Å². The van der Waals surface area contributed by atoms with Gasteiger partial charge in [-0.15, -0.1) is 0 Å². The molecule has 0 spiro atoms. The molecular weight excluding hydrogens is 350 g/mol. The first-order valence-electron chi connectivity index (χ1n) is 8.71. The van der Waals surface area contributed by atoms with E-state index in [1.54, 1.807) is 12.1 Å². The molecule has 0 amide bonds. The maximum atomic E-state index is 10.3. The summed E-state index contributed by atoms with van der Waals surface area (Å²) in [6.45, 7) is 3.19. The summed E-state index contributed by atoms with van der Waals surface area (Å²) >= 11 is 0. The topological polar surface area (TPSA) is 132 Å². The van der Waals surface area contributed by atoms with Gasteiger partial charge in [-0.2, -0.15) is 10.4 Å². The number of hydrogen-bond acceptors (Lipinski definition) is 7. The van der Waals surface area contributed by atoms with Crippen LogP contribution in [-0.4, -0.2) is 61.2 Å². The van der Waals surface area contributed by atoms with Gasteiger partial charge >= 0.3 is 0 Å². The van der Waals surface area contributed by atoms with Crippen molar-refractivity contribution >= 4 is 0 Å². The normalized spacial score (nSPS) is 28.1. The molecule has 0 unspecified atom stereocenters. The molecule has 3 rings (SSSR count). The molecule has 8 heteroatoms. The Labute approximate surface area is 156 Å². The number of aryl methyl sites for hydroxylation is 1. The molecule has 4 N–H and O–H groups in total. The number of aliphatic hydroxyl groups is 4. The van der Waals surface area contributed by atoms with Gasteiger partial charge in [-0.1, -0.05) is 12.1 Å². The van der Waals surface area contributed by atoms with E-state index >= 15 is 0 Å². The smallest absolute Gasteiger partial charge is 0.179 e. The van der Waals surface area contributed by atoms with Crippen LogP contribution in [0.2, 0.25) is 0 Å². The van der Waals surface area contributed by atoms with Gasteiger partial charge in [-0.25, -0.2) is 4.68 Å². The molecule has 5 atom stereocenters. The van der Waals surface area contributed by atoms with Crippen molar-refractivity contribution in [3.05, 3.63) is 52.3 Å². The Kier molecular flexibility index (Phi) is 5.60. The predicted octanol–water partition coefficient (Wildman–Crippen LogP) is -0.0652. The van der Waals surface area contributed by atoms with E-state index in [1.165, 1.54) is 4.68 Å². The van der Waals surface area contributed by atoms with Crippen LogP contribution in [0.5, 0.6) is 0 Å². The van der Waals surface area contributed by atoms with Crippen molar-refractivity contribution < 1.29 is 25.2 Å².